The van der Waals surface area contributed by atoms with Crippen LogP contribution in [0.5, 0.6) is 0 Å². The molecular formula is C19H17ClN4O2S. The van der Waals surface area contributed by atoms with E-state index < -0.39 is 6.03 Å². The normalized spacial score (nSPS) is 10.3. The Bertz CT molecular complexity index is 986. The van der Waals surface area contributed by atoms with Crippen molar-refractivity contribution in [3.63, 3.8) is 0 Å². The summed E-state index contributed by atoms with van der Waals surface area (Å²) >= 11 is 7.03. The van der Waals surface area contributed by atoms with Crippen molar-refractivity contribution in [1.82, 2.24) is 4.98 Å². The molecule has 0 aliphatic rings. The van der Waals surface area contributed by atoms with Crippen LogP contribution in [0.15, 0.2) is 48.5 Å². The number of hydrogen-bond donors (Lipinski definition) is 3. The summed E-state index contributed by atoms with van der Waals surface area (Å²) in [6, 6.07) is 13.9. The molecule has 3 amide bonds. The molecule has 1 heterocycles. The Labute approximate surface area is 165 Å². The lowest BCUT2D eigenvalue weighted by molar-refractivity contribution is 0.103. The number of carbonyl (C=O) groups is 2. The minimum Gasteiger partial charge on any atom is -0.321 e. The molecule has 27 heavy (non-hydrogen) atoms. The maximum atomic E-state index is 12.5. The first-order chi connectivity index (χ1) is 12.9. The van der Waals surface area contributed by atoms with Crippen LogP contribution in [-0.4, -0.2) is 16.9 Å². The van der Waals surface area contributed by atoms with Gasteiger partial charge in [-0.25, -0.2) is 9.78 Å². The topological polar surface area (TPSA) is 83.1 Å². The van der Waals surface area contributed by atoms with Crippen molar-refractivity contribution in [2.24, 2.45) is 0 Å². The molecule has 138 valence electrons. The first-order valence-corrected chi connectivity index (χ1v) is 9.29. The molecular weight excluding hydrogens is 384 g/mol. The van der Waals surface area contributed by atoms with Gasteiger partial charge in [0.1, 0.15) is 4.88 Å². The van der Waals surface area contributed by atoms with E-state index in [0.717, 1.165) is 16.9 Å². The van der Waals surface area contributed by atoms with Gasteiger partial charge in [-0.1, -0.05) is 46.7 Å². The highest BCUT2D eigenvalue weighted by Gasteiger charge is 2.17. The number of carbonyl (C=O) groups excluding carboxylic acids is 2. The van der Waals surface area contributed by atoms with Gasteiger partial charge in [0.15, 0.2) is 5.13 Å². The van der Waals surface area contributed by atoms with E-state index in [2.05, 4.69) is 20.9 Å². The molecule has 3 rings (SSSR count). The molecule has 0 saturated heterocycles. The van der Waals surface area contributed by atoms with Gasteiger partial charge in [0.2, 0.25) is 0 Å². The van der Waals surface area contributed by atoms with E-state index in [-0.39, 0.29) is 5.91 Å². The summed E-state index contributed by atoms with van der Waals surface area (Å²) in [5, 5.41) is 9.02. The number of thiazole rings is 1. The minimum atomic E-state index is -0.422. The summed E-state index contributed by atoms with van der Waals surface area (Å²) in [5.74, 6) is -0.306. The van der Waals surface area contributed by atoms with Gasteiger partial charge in [0.25, 0.3) is 5.91 Å². The summed E-state index contributed by atoms with van der Waals surface area (Å²) in [4.78, 5) is 29.2. The van der Waals surface area contributed by atoms with Gasteiger partial charge in [0.05, 0.1) is 5.69 Å². The fourth-order valence-corrected chi connectivity index (χ4v) is 3.36. The van der Waals surface area contributed by atoms with Crippen molar-refractivity contribution in [3.8, 4) is 0 Å². The van der Waals surface area contributed by atoms with Crippen LogP contribution < -0.4 is 16.0 Å². The van der Waals surface area contributed by atoms with Crippen molar-refractivity contribution >= 4 is 51.4 Å². The number of nitrogens with zero attached hydrogens (tertiary/aromatic N) is 1. The molecule has 0 aliphatic carbocycles. The molecule has 8 heteroatoms. The molecule has 1 aromatic heterocycles. The molecule has 0 aliphatic heterocycles. The average Bonchev–Trinajstić information content (AvgIpc) is 2.97. The van der Waals surface area contributed by atoms with Gasteiger partial charge in [-0.05, 0) is 44.2 Å². The number of amides is 3. The predicted molar refractivity (Wildman–Crippen MR) is 110 cm³/mol. The standard InChI is InChI=1S/C19H17ClN4O2S/c1-11-6-8-14(9-7-11)23-18(26)24-19-21-12(2)16(27-19)17(25)22-15-5-3-4-13(20)10-15/h3-10H,1-2H3,(H,22,25)(H2,21,23,24,26). The molecule has 0 bridgehead atoms. The molecule has 3 N–H and O–H groups in total. The number of rotatable bonds is 4. The van der Waals surface area contributed by atoms with E-state index in [0.29, 0.717) is 32.1 Å². The highest BCUT2D eigenvalue weighted by Crippen LogP contribution is 2.24. The Morgan fingerprint density at radius 2 is 1.70 bits per heavy atom. The summed E-state index contributed by atoms with van der Waals surface area (Å²) in [7, 11) is 0. The van der Waals surface area contributed by atoms with Gasteiger partial charge in [-0.2, -0.15) is 0 Å². The number of urea groups is 1. The van der Waals surface area contributed by atoms with Crippen molar-refractivity contribution in [2.75, 3.05) is 16.0 Å². The van der Waals surface area contributed by atoms with Gasteiger partial charge >= 0.3 is 6.03 Å². The third-order valence-corrected chi connectivity index (χ3v) is 4.92. The third kappa shape index (κ3) is 5.06. The zero-order chi connectivity index (χ0) is 19.4. The van der Waals surface area contributed by atoms with Crippen molar-refractivity contribution in [1.29, 1.82) is 0 Å². The van der Waals surface area contributed by atoms with Crippen molar-refractivity contribution in [2.45, 2.75) is 13.8 Å². The lowest BCUT2D eigenvalue weighted by atomic mass is 10.2. The fraction of sp³-hybridized carbons (Fsp3) is 0.105. The highest BCUT2D eigenvalue weighted by molar-refractivity contribution is 7.17. The van der Waals surface area contributed by atoms with Crippen LogP contribution in [0, 0.1) is 13.8 Å². The van der Waals surface area contributed by atoms with Crippen LogP contribution in [-0.2, 0) is 0 Å². The van der Waals surface area contributed by atoms with Gasteiger partial charge in [-0.3, -0.25) is 10.1 Å². The summed E-state index contributed by atoms with van der Waals surface area (Å²) in [6.45, 7) is 3.69. The van der Waals surface area contributed by atoms with Crippen LogP contribution in [0.4, 0.5) is 21.3 Å². The first-order valence-electron chi connectivity index (χ1n) is 8.10. The number of benzene rings is 2. The number of aromatic nitrogens is 1. The van der Waals surface area contributed by atoms with Crippen LogP contribution in [0.3, 0.4) is 0 Å². The number of hydrogen-bond acceptors (Lipinski definition) is 4. The van der Waals surface area contributed by atoms with Gasteiger partial charge in [-0.15, -0.1) is 0 Å². The lowest BCUT2D eigenvalue weighted by Gasteiger charge is -2.05. The number of halogens is 1. The van der Waals surface area contributed by atoms with Crippen molar-refractivity contribution < 1.29 is 9.59 Å². The molecule has 6 nitrogen and oxygen atoms in total. The molecule has 0 fully saturated rings. The third-order valence-electron chi connectivity index (χ3n) is 3.62. The summed E-state index contributed by atoms with van der Waals surface area (Å²) in [5.41, 5.74) is 2.90. The SMILES string of the molecule is Cc1ccc(NC(=O)Nc2nc(C)c(C(=O)Nc3cccc(Cl)c3)s2)cc1. The Morgan fingerprint density at radius 3 is 2.41 bits per heavy atom. The zero-order valence-corrected chi connectivity index (χ0v) is 16.2. The summed E-state index contributed by atoms with van der Waals surface area (Å²) < 4.78 is 0. The maximum absolute atomic E-state index is 12.5. The molecule has 3 aromatic rings. The van der Waals surface area contributed by atoms with E-state index >= 15 is 0 Å². The second-order valence-corrected chi connectivity index (χ2v) is 7.28. The lowest BCUT2D eigenvalue weighted by Crippen LogP contribution is -2.19. The molecule has 0 spiro atoms. The number of nitrogens with one attached hydrogen (secondary N) is 3. The Morgan fingerprint density at radius 1 is 0.963 bits per heavy atom. The molecule has 2 aromatic carbocycles. The average molecular weight is 401 g/mol. The second-order valence-electron chi connectivity index (χ2n) is 5.84. The zero-order valence-electron chi connectivity index (χ0n) is 14.7. The minimum absolute atomic E-state index is 0.306. The Kier molecular flexibility index (Phi) is 5.73. The van der Waals surface area contributed by atoms with E-state index in [1.807, 2.05) is 31.2 Å². The smallest absolute Gasteiger partial charge is 0.321 e. The van der Waals surface area contributed by atoms with E-state index in [9.17, 15) is 9.59 Å². The highest BCUT2D eigenvalue weighted by atomic mass is 35.5. The maximum Gasteiger partial charge on any atom is 0.325 e. The quantitative estimate of drug-likeness (QED) is 0.555. The predicted octanol–water partition coefficient (Wildman–Crippen LogP) is 5.31. The summed E-state index contributed by atoms with van der Waals surface area (Å²) in [6.07, 6.45) is 0. The Hall–Kier alpha value is -2.90. The molecule has 0 atom stereocenters. The van der Waals surface area contributed by atoms with Crippen molar-refractivity contribution in [3.05, 3.63) is 69.7 Å². The van der Waals surface area contributed by atoms with E-state index in [1.165, 1.54) is 0 Å². The first kappa shape index (κ1) is 18.9. The fourth-order valence-electron chi connectivity index (χ4n) is 2.31. The van der Waals surface area contributed by atoms with E-state index in [4.69, 9.17) is 11.6 Å². The molecule has 0 unspecified atom stereocenters. The number of anilines is 3. The Balaban J connectivity index is 1.65. The van der Waals surface area contributed by atoms with E-state index in [1.54, 1.807) is 31.2 Å². The molecule has 0 saturated carbocycles. The van der Waals surface area contributed by atoms with Crippen LogP contribution in [0.2, 0.25) is 5.02 Å². The van der Waals surface area contributed by atoms with Gasteiger partial charge < -0.3 is 10.6 Å². The largest absolute Gasteiger partial charge is 0.325 e. The monoisotopic (exact) mass is 400 g/mol. The van der Waals surface area contributed by atoms with Crippen LogP contribution in [0.1, 0.15) is 20.9 Å². The second kappa shape index (κ2) is 8.20. The molecule has 0 radical (unpaired) electrons. The number of aryl methyl sites for hydroxylation is 2. The van der Waals surface area contributed by atoms with Crippen LogP contribution >= 0.6 is 22.9 Å². The van der Waals surface area contributed by atoms with Gasteiger partial charge in [0, 0.05) is 16.4 Å². The van der Waals surface area contributed by atoms with Crippen LogP contribution in [0.25, 0.3) is 0 Å².